The molecular weight excluding hydrogens is 241 g/mol. The van der Waals surface area contributed by atoms with Crippen molar-refractivity contribution in [3.05, 3.63) is 22.2 Å². The molecule has 0 heterocycles. The van der Waals surface area contributed by atoms with E-state index in [1.54, 1.807) is 0 Å². The van der Waals surface area contributed by atoms with E-state index in [1.807, 2.05) is 0 Å². The first-order valence-electron chi connectivity index (χ1n) is 4.10. The molecule has 0 radical (unpaired) electrons. The highest BCUT2D eigenvalue weighted by atomic mass is 35.5. The molecule has 0 unspecified atom stereocenters. The van der Waals surface area contributed by atoms with E-state index in [0.717, 1.165) is 0 Å². The van der Waals surface area contributed by atoms with Gasteiger partial charge in [-0.15, -0.1) is 0 Å². The third-order valence-corrected chi connectivity index (χ3v) is 2.35. The van der Waals surface area contributed by atoms with Crippen molar-refractivity contribution in [1.82, 2.24) is 0 Å². The van der Waals surface area contributed by atoms with Crippen molar-refractivity contribution in [3.8, 4) is 5.75 Å². The fourth-order valence-corrected chi connectivity index (χ4v) is 1.24. The minimum absolute atomic E-state index is 0.0392. The Kier molecular flexibility index (Phi) is 4.05. The summed E-state index contributed by atoms with van der Waals surface area (Å²) < 4.78 is 5.13. The number of ether oxygens (including phenoxy) is 1. The molecule has 0 amide bonds. The zero-order valence-corrected chi connectivity index (χ0v) is 9.18. The Balaban J connectivity index is 2.69. The largest absolute Gasteiger partial charge is 0.491 e. The molecule has 0 atom stereocenters. The van der Waals surface area contributed by atoms with Crippen LogP contribution in [-0.4, -0.2) is 17.7 Å². The van der Waals surface area contributed by atoms with Gasteiger partial charge in [0, 0.05) is 6.07 Å². The zero-order valence-electron chi connectivity index (χ0n) is 7.67. The average Bonchev–Trinajstić information content (AvgIpc) is 2.13. The maximum absolute atomic E-state index is 10.2. The smallest absolute Gasteiger partial charge is 0.306 e. The van der Waals surface area contributed by atoms with Gasteiger partial charge in [-0.2, -0.15) is 0 Å². The number of nitrogens with two attached hydrogens (primary N) is 1. The highest BCUT2D eigenvalue weighted by Gasteiger charge is 2.06. The van der Waals surface area contributed by atoms with Crippen LogP contribution in [0.1, 0.15) is 6.42 Å². The highest BCUT2D eigenvalue weighted by Crippen LogP contribution is 2.32. The Labute approximate surface area is 96.5 Å². The van der Waals surface area contributed by atoms with E-state index in [1.165, 1.54) is 12.1 Å². The Morgan fingerprint density at radius 2 is 2.00 bits per heavy atom. The van der Waals surface area contributed by atoms with Crippen molar-refractivity contribution < 1.29 is 14.6 Å². The van der Waals surface area contributed by atoms with Gasteiger partial charge in [-0.1, -0.05) is 23.2 Å². The fourth-order valence-electron chi connectivity index (χ4n) is 0.917. The van der Waals surface area contributed by atoms with Gasteiger partial charge in [0.25, 0.3) is 0 Å². The summed E-state index contributed by atoms with van der Waals surface area (Å²) in [4.78, 5) is 10.2. The van der Waals surface area contributed by atoms with Crippen LogP contribution in [0.2, 0.25) is 10.0 Å². The summed E-state index contributed by atoms with van der Waals surface area (Å²) in [5.41, 5.74) is 5.92. The van der Waals surface area contributed by atoms with Gasteiger partial charge in [0.05, 0.1) is 28.8 Å². The Hall–Kier alpha value is -1.13. The average molecular weight is 250 g/mol. The van der Waals surface area contributed by atoms with E-state index in [2.05, 4.69) is 0 Å². The Bertz CT molecular complexity index is 382. The predicted molar refractivity (Wildman–Crippen MR) is 58.6 cm³/mol. The summed E-state index contributed by atoms with van der Waals surface area (Å²) >= 11 is 11.5. The van der Waals surface area contributed by atoms with Gasteiger partial charge in [0.15, 0.2) is 0 Å². The molecular formula is C9H9Cl2NO3. The van der Waals surface area contributed by atoms with Gasteiger partial charge >= 0.3 is 5.97 Å². The molecule has 3 N–H and O–H groups in total. The summed E-state index contributed by atoms with van der Waals surface area (Å²) in [7, 11) is 0. The second-order valence-electron chi connectivity index (χ2n) is 2.80. The molecule has 82 valence electrons. The van der Waals surface area contributed by atoms with Crippen molar-refractivity contribution in [2.24, 2.45) is 0 Å². The summed E-state index contributed by atoms with van der Waals surface area (Å²) in [6.07, 6.45) is -0.0975. The molecule has 0 bridgehead atoms. The number of hydrogen-bond donors (Lipinski definition) is 2. The van der Waals surface area contributed by atoms with Crippen molar-refractivity contribution in [2.45, 2.75) is 6.42 Å². The van der Waals surface area contributed by atoms with Crippen LogP contribution in [0.25, 0.3) is 0 Å². The Morgan fingerprint density at radius 3 is 2.60 bits per heavy atom. The van der Waals surface area contributed by atoms with Crippen LogP contribution < -0.4 is 10.5 Å². The normalized spacial score (nSPS) is 10.0. The lowest BCUT2D eigenvalue weighted by atomic mass is 10.3. The second kappa shape index (κ2) is 5.09. The number of benzene rings is 1. The van der Waals surface area contributed by atoms with Gasteiger partial charge in [-0.25, -0.2) is 0 Å². The number of hydrogen-bond acceptors (Lipinski definition) is 3. The maximum atomic E-state index is 10.2. The Morgan fingerprint density at radius 1 is 1.40 bits per heavy atom. The minimum atomic E-state index is -0.936. The first-order chi connectivity index (χ1) is 7.00. The van der Waals surface area contributed by atoms with Crippen molar-refractivity contribution in [2.75, 3.05) is 12.3 Å². The molecule has 0 aliphatic rings. The van der Waals surface area contributed by atoms with E-state index in [0.29, 0.717) is 21.5 Å². The lowest BCUT2D eigenvalue weighted by molar-refractivity contribution is -0.137. The maximum Gasteiger partial charge on any atom is 0.306 e. The third-order valence-electron chi connectivity index (χ3n) is 1.63. The van der Waals surface area contributed by atoms with Crippen molar-refractivity contribution in [1.29, 1.82) is 0 Å². The van der Waals surface area contributed by atoms with Crippen molar-refractivity contribution >= 4 is 34.9 Å². The number of carbonyl (C=O) groups is 1. The van der Waals surface area contributed by atoms with E-state index in [-0.39, 0.29) is 13.0 Å². The molecule has 0 aliphatic heterocycles. The number of nitrogen functional groups attached to an aromatic ring is 1. The molecule has 15 heavy (non-hydrogen) atoms. The summed E-state index contributed by atoms with van der Waals surface area (Å²) in [5, 5.41) is 9.05. The molecule has 4 nitrogen and oxygen atoms in total. The van der Waals surface area contributed by atoms with E-state index < -0.39 is 5.97 Å². The molecule has 0 aromatic heterocycles. The van der Waals surface area contributed by atoms with Gasteiger partial charge in [-0.3, -0.25) is 4.79 Å². The molecule has 0 saturated heterocycles. The van der Waals surface area contributed by atoms with Crippen LogP contribution in [-0.2, 0) is 4.79 Å². The van der Waals surface area contributed by atoms with Gasteiger partial charge in [0.2, 0.25) is 0 Å². The number of anilines is 1. The van der Waals surface area contributed by atoms with Crippen LogP contribution in [0.3, 0.4) is 0 Å². The monoisotopic (exact) mass is 249 g/mol. The highest BCUT2D eigenvalue weighted by molar-refractivity contribution is 6.42. The van der Waals surface area contributed by atoms with Crippen LogP contribution in [0.4, 0.5) is 5.69 Å². The lowest BCUT2D eigenvalue weighted by Gasteiger charge is -2.08. The van der Waals surface area contributed by atoms with Gasteiger partial charge < -0.3 is 15.6 Å². The summed E-state index contributed by atoms with van der Waals surface area (Å²) in [5.74, 6) is -0.598. The number of carboxylic acids is 1. The summed E-state index contributed by atoms with van der Waals surface area (Å²) in [6, 6.07) is 2.92. The lowest BCUT2D eigenvalue weighted by Crippen LogP contribution is -2.06. The third kappa shape index (κ3) is 3.49. The van der Waals surface area contributed by atoms with Crippen molar-refractivity contribution in [3.63, 3.8) is 0 Å². The molecule has 0 aliphatic carbocycles. The van der Waals surface area contributed by atoms with Gasteiger partial charge in [0.1, 0.15) is 5.75 Å². The molecule has 0 saturated carbocycles. The SMILES string of the molecule is Nc1cc(Cl)c(Cl)cc1OCCC(=O)O. The minimum Gasteiger partial charge on any atom is -0.491 e. The summed E-state index contributed by atoms with van der Waals surface area (Å²) in [6.45, 7) is 0.0392. The molecule has 1 rings (SSSR count). The van der Waals surface area contributed by atoms with Crippen LogP contribution in [0.5, 0.6) is 5.75 Å². The quantitative estimate of drug-likeness (QED) is 0.805. The number of rotatable bonds is 4. The molecule has 0 spiro atoms. The molecule has 1 aromatic carbocycles. The standard InChI is InChI=1S/C9H9Cl2NO3/c10-5-3-7(12)8(4-6(5)11)15-2-1-9(13)14/h3-4H,1-2,12H2,(H,13,14). The first-order valence-corrected chi connectivity index (χ1v) is 4.85. The number of halogens is 2. The van der Waals surface area contributed by atoms with E-state index in [9.17, 15) is 4.79 Å². The van der Waals surface area contributed by atoms with E-state index >= 15 is 0 Å². The molecule has 1 aromatic rings. The second-order valence-corrected chi connectivity index (χ2v) is 3.61. The predicted octanol–water partition coefficient (Wildman–Crippen LogP) is 2.43. The topological polar surface area (TPSA) is 72.5 Å². The van der Waals surface area contributed by atoms with Crippen LogP contribution >= 0.6 is 23.2 Å². The molecule has 6 heteroatoms. The first kappa shape index (κ1) is 11.9. The number of carboxylic acid groups (broad SMARTS) is 1. The van der Waals surface area contributed by atoms with Crippen LogP contribution in [0, 0.1) is 0 Å². The van der Waals surface area contributed by atoms with E-state index in [4.69, 9.17) is 38.8 Å². The zero-order chi connectivity index (χ0) is 11.4. The molecule has 0 fully saturated rings. The van der Waals surface area contributed by atoms with Crippen LogP contribution in [0.15, 0.2) is 12.1 Å². The fraction of sp³-hybridized carbons (Fsp3) is 0.222. The number of aliphatic carboxylic acids is 1. The van der Waals surface area contributed by atoms with Gasteiger partial charge in [-0.05, 0) is 6.07 Å².